The van der Waals surface area contributed by atoms with E-state index in [0.717, 1.165) is 0 Å². The van der Waals surface area contributed by atoms with Crippen LogP contribution in [0.25, 0.3) is 0 Å². The summed E-state index contributed by atoms with van der Waals surface area (Å²) in [4.78, 5) is 0. The van der Waals surface area contributed by atoms with E-state index >= 15 is 0 Å². The Bertz CT molecular complexity index is 747. The third-order valence-electron chi connectivity index (χ3n) is 5.60. The van der Waals surface area contributed by atoms with E-state index < -0.39 is 7.26 Å². The SMILES string of the molecule is CCCCCC=CCCC[P+](c1ccccc1)(c1ccccc1)c1ccccc1.[Br-]. The molecule has 0 aliphatic carbocycles. The molecule has 3 rings (SSSR count). The maximum Gasteiger partial charge on any atom is 0.112 e. The van der Waals surface area contributed by atoms with Crippen LogP contribution < -0.4 is 32.9 Å². The van der Waals surface area contributed by atoms with Crippen LogP contribution in [0.3, 0.4) is 0 Å². The first kappa shape index (κ1) is 24.6. The first-order chi connectivity index (χ1) is 14.4. The van der Waals surface area contributed by atoms with Crippen molar-refractivity contribution in [3.8, 4) is 0 Å². The van der Waals surface area contributed by atoms with Gasteiger partial charge in [-0.3, -0.25) is 0 Å². The molecule has 158 valence electrons. The monoisotopic (exact) mass is 480 g/mol. The smallest absolute Gasteiger partial charge is 0.112 e. The maximum absolute atomic E-state index is 2.41. The molecule has 0 aliphatic heterocycles. The van der Waals surface area contributed by atoms with E-state index in [4.69, 9.17) is 0 Å². The van der Waals surface area contributed by atoms with Crippen LogP contribution >= 0.6 is 7.26 Å². The Morgan fingerprint density at radius 3 is 1.37 bits per heavy atom. The van der Waals surface area contributed by atoms with Gasteiger partial charge in [-0.05, 0) is 62.1 Å². The van der Waals surface area contributed by atoms with Gasteiger partial charge < -0.3 is 17.0 Å². The fraction of sp³-hybridized carbons (Fsp3) is 0.286. The maximum atomic E-state index is 2.41. The first-order valence-corrected chi connectivity index (χ1v) is 13.1. The number of hydrogen-bond donors (Lipinski definition) is 0. The first-order valence-electron chi connectivity index (χ1n) is 11.1. The van der Waals surface area contributed by atoms with Crippen LogP contribution in [0.4, 0.5) is 0 Å². The quantitative estimate of drug-likeness (QED) is 0.222. The van der Waals surface area contributed by atoms with E-state index in [0.29, 0.717) is 0 Å². The summed E-state index contributed by atoms with van der Waals surface area (Å²) in [6.45, 7) is 2.27. The van der Waals surface area contributed by atoms with E-state index in [9.17, 15) is 0 Å². The van der Waals surface area contributed by atoms with Crippen molar-refractivity contribution in [2.24, 2.45) is 0 Å². The van der Waals surface area contributed by atoms with Crippen LogP contribution in [0.15, 0.2) is 103 Å². The third-order valence-corrected chi connectivity index (χ3v) is 10.1. The molecule has 0 nitrogen and oxygen atoms in total. The summed E-state index contributed by atoms with van der Waals surface area (Å²) >= 11 is 0. The molecule has 0 spiro atoms. The van der Waals surface area contributed by atoms with Gasteiger partial charge in [0.15, 0.2) is 0 Å². The number of unbranched alkanes of at least 4 members (excludes halogenated alkanes) is 4. The summed E-state index contributed by atoms with van der Waals surface area (Å²) < 4.78 is 0. The Labute approximate surface area is 194 Å². The Morgan fingerprint density at radius 2 is 0.967 bits per heavy atom. The van der Waals surface area contributed by atoms with E-state index in [1.54, 1.807) is 0 Å². The number of allylic oxidation sites excluding steroid dienone is 2. The highest BCUT2D eigenvalue weighted by Gasteiger charge is 2.44. The second-order valence-electron chi connectivity index (χ2n) is 7.65. The molecule has 0 aliphatic rings. The molecular formula is C28H34BrP. The molecule has 0 bridgehead atoms. The Morgan fingerprint density at radius 1 is 0.567 bits per heavy atom. The predicted octanol–water partition coefficient (Wildman–Crippen LogP) is 3.90. The van der Waals surface area contributed by atoms with Gasteiger partial charge in [-0.25, -0.2) is 0 Å². The summed E-state index contributed by atoms with van der Waals surface area (Å²) in [6, 6.07) is 33.6. The van der Waals surface area contributed by atoms with E-state index in [-0.39, 0.29) is 17.0 Å². The molecule has 0 saturated carbocycles. The zero-order valence-electron chi connectivity index (χ0n) is 18.1. The van der Waals surface area contributed by atoms with E-state index in [1.807, 2.05) is 0 Å². The van der Waals surface area contributed by atoms with Gasteiger partial charge in [-0.1, -0.05) is 86.5 Å². The van der Waals surface area contributed by atoms with Gasteiger partial charge in [0.05, 0.1) is 6.16 Å². The molecule has 0 unspecified atom stereocenters. The van der Waals surface area contributed by atoms with Crippen LogP contribution in [0, 0.1) is 0 Å². The molecule has 0 heterocycles. The number of benzene rings is 3. The van der Waals surface area contributed by atoms with Gasteiger partial charge in [-0.2, -0.15) is 0 Å². The average molecular weight is 481 g/mol. The van der Waals surface area contributed by atoms with E-state index in [2.05, 4.69) is 110 Å². The molecular weight excluding hydrogens is 447 g/mol. The number of hydrogen-bond acceptors (Lipinski definition) is 0. The van der Waals surface area contributed by atoms with E-state index in [1.165, 1.54) is 60.6 Å². The highest BCUT2D eigenvalue weighted by atomic mass is 79.9. The van der Waals surface area contributed by atoms with Crippen LogP contribution in [-0.4, -0.2) is 6.16 Å². The summed E-state index contributed by atoms with van der Waals surface area (Å²) in [5.41, 5.74) is 0. The van der Waals surface area contributed by atoms with Gasteiger partial charge in [0.25, 0.3) is 0 Å². The Balaban J connectivity index is 0.00000320. The van der Waals surface area contributed by atoms with Crippen molar-refractivity contribution in [3.05, 3.63) is 103 Å². The minimum Gasteiger partial charge on any atom is -1.00 e. The fourth-order valence-corrected chi connectivity index (χ4v) is 8.45. The Kier molecular flexibility index (Phi) is 11.1. The van der Waals surface area contributed by atoms with Gasteiger partial charge in [0.2, 0.25) is 0 Å². The highest BCUT2D eigenvalue weighted by Crippen LogP contribution is 2.55. The van der Waals surface area contributed by atoms with Crippen molar-refractivity contribution in [2.75, 3.05) is 6.16 Å². The molecule has 0 aromatic heterocycles. The van der Waals surface area contributed by atoms with Crippen LogP contribution in [-0.2, 0) is 0 Å². The molecule has 0 radical (unpaired) electrons. The van der Waals surface area contributed by atoms with Crippen molar-refractivity contribution in [1.82, 2.24) is 0 Å². The van der Waals surface area contributed by atoms with Crippen LogP contribution in [0.5, 0.6) is 0 Å². The van der Waals surface area contributed by atoms with Gasteiger partial charge in [0, 0.05) is 0 Å². The number of rotatable bonds is 11. The molecule has 0 N–H and O–H groups in total. The molecule has 0 amide bonds. The predicted molar refractivity (Wildman–Crippen MR) is 133 cm³/mol. The van der Waals surface area contributed by atoms with Crippen LogP contribution in [0.2, 0.25) is 0 Å². The third kappa shape index (κ3) is 6.40. The molecule has 0 atom stereocenters. The van der Waals surface area contributed by atoms with Gasteiger partial charge in [0.1, 0.15) is 23.2 Å². The lowest BCUT2D eigenvalue weighted by Crippen LogP contribution is -3.00. The molecule has 0 saturated heterocycles. The van der Waals surface area contributed by atoms with Crippen molar-refractivity contribution in [1.29, 1.82) is 0 Å². The molecule has 0 fully saturated rings. The molecule has 30 heavy (non-hydrogen) atoms. The lowest BCUT2D eigenvalue weighted by molar-refractivity contribution is -0.00000581. The average Bonchev–Trinajstić information content (AvgIpc) is 2.80. The van der Waals surface area contributed by atoms with Crippen molar-refractivity contribution in [3.63, 3.8) is 0 Å². The normalized spacial score (nSPS) is 11.4. The molecule has 3 aromatic rings. The second-order valence-corrected chi connectivity index (χ2v) is 11.3. The number of halogens is 1. The Hall–Kier alpha value is -1.69. The minimum absolute atomic E-state index is 0. The second kappa shape index (κ2) is 13.6. The topological polar surface area (TPSA) is 0 Å². The largest absolute Gasteiger partial charge is 1.00 e. The fourth-order valence-electron chi connectivity index (χ4n) is 4.08. The summed E-state index contributed by atoms with van der Waals surface area (Å²) in [6.07, 6.45) is 13.6. The zero-order chi connectivity index (χ0) is 20.2. The molecule has 3 aromatic carbocycles. The van der Waals surface area contributed by atoms with Crippen molar-refractivity contribution in [2.45, 2.75) is 45.4 Å². The van der Waals surface area contributed by atoms with Crippen molar-refractivity contribution < 1.29 is 17.0 Å². The zero-order valence-corrected chi connectivity index (χ0v) is 20.6. The van der Waals surface area contributed by atoms with Crippen molar-refractivity contribution >= 4 is 23.2 Å². The standard InChI is InChI=1S/C28H34P.BrH/c1-2-3-4-5-6-7-8-18-25-29(26-19-12-9-13-20-26,27-21-14-10-15-22-27)28-23-16-11-17-24-28;/h6-7,9-17,19-24H,2-5,8,18,25H2,1H3;1H/q+1;/p-1. The lowest BCUT2D eigenvalue weighted by atomic mass is 10.2. The summed E-state index contributed by atoms with van der Waals surface area (Å²) in [5, 5.41) is 4.47. The minimum atomic E-state index is -1.65. The summed E-state index contributed by atoms with van der Waals surface area (Å²) in [5.74, 6) is 0. The van der Waals surface area contributed by atoms with Gasteiger partial charge in [-0.15, -0.1) is 0 Å². The van der Waals surface area contributed by atoms with Crippen LogP contribution in [0.1, 0.15) is 45.4 Å². The molecule has 2 heteroatoms. The lowest BCUT2D eigenvalue weighted by Gasteiger charge is -2.27. The van der Waals surface area contributed by atoms with Gasteiger partial charge >= 0.3 is 0 Å². The summed E-state index contributed by atoms with van der Waals surface area (Å²) in [7, 11) is -1.65. The highest BCUT2D eigenvalue weighted by molar-refractivity contribution is 7.95.